The molecule has 4 unspecified atom stereocenters. The fraction of sp³-hybridized carbons (Fsp3) is 0.0588. The van der Waals surface area contributed by atoms with Crippen molar-refractivity contribution >= 4 is 58.9 Å². The Hall–Kier alpha value is -2.11. The van der Waals surface area contributed by atoms with Gasteiger partial charge in [-0.25, -0.2) is 0 Å². The number of fused-ring (bicyclic) bond motifs is 4. The summed E-state index contributed by atoms with van der Waals surface area (Å²) in [5, 5.41) is 9.34. The molecule has 4 atom stereocenters. The van der Waals surface area contributed by atoms with Crippen LogP contribution in [-0.4, -0.2) is 0 Å². The summed E-state index contributed by atoms with van der Waals surface area (Å²) >= 11 is -1.28. The maximum Gasteiger partial charge on any atom is -1.00 e. The third kappa shape index (κ3) is 4.48. The Bertz CT molecular complexity index is 1760. The SMILES string of the molecule is C1=C(p2ccc3ccccc32)[CH]([Hf+2][CH]2C(p3ccc4ccccc43)=Cc3ccccc32)c2ccccc21.[Cl-].[Cl-]. The zero-order valence-electron chi connectivity index (χ0n) is 21.0. The summed E-state index contributed by atoms with van der Waals surface area (Å²) in [5.74, 6) is 5.04. The molecule has 0 aliphatic heterocycles. The van der Waals surface area contributed by atoms with Gasteiger partial charge in [-0.05, 0) is 0 Å². The van der Waals surface area contributed by atoms with Gasteiger partial charge in [0.05, 0.1) is 0 Å². The molecular weight excluding hydrogens is 720 g/mol. The molecule has 39 heavy (non-hydrogen) atoms. The molecule has 0 amide bonds. The van der Waals surface area contributed by atoms with E-state index in [-0.39, 0.29) is 24.8 Å². The van der Waals surface area contributed by atoms with Crippen molar-refractivity contribution in [1.29, 1.82) is 0 Å². The quantitative estimate of drug-likeness (QED) is 0.227. The first-order valence-electron chi connectivity index (χ1n) is 12.9. The van der Waals surface area contributed by atoms with Gasteiger partial charge in [-0.1, -0.05) is 0 Å². The van der Waals surface area contributed by atoms with Crippen molar-refractivity contribution in [3.05, 3.63) is 143 Å². The molecule has 5 heteroatoms. The summed E-state index contributed by atoms with van der Waals surface area (Å²) in [5.41, 5.74) is 6.12. The van der Waals surface area contributed by atoms with E-state index in [1.54, 1.807) is 32.0 Å². The summed E-state index contributed by atoms with van der Waals surface area (Å²) < 4.78 is 1.27. The van der Waals surface area contributed by atoms with Crippen molar-refractivity contribution in [2.45, 2.75) is 7.35 Å². The number of allylic oxidation sites excluding steroid dienone is 2. The van der Waals surface area contributed by atoms with Crippen LogP contribution in [0.1, 0.15) is 29.6 Å². The standard InChI is InChI=1S/2C17H12P.2ClH.Hf/c2*1-2-7-15-12-16(11-14(15)6-1)18-10-9-13-5-3-4-8-17(13)18;;;/h2*1-12H;2*1H;/q;;;;+2/p-2. The van der Waals surface area contributed by atoms with Crippen LogP contribution in [-0.2, 0) is 22.9 Å². The molecule has 188 valence electrons. The Morgan fingerprint density at radius 2 is 0.872 bits per heavy atom. The number of hydrogen-bond donors (Lipinski definition) is 0. The molecule has 8 rings (SSSR count). The average Bonchev–Trinajstić information content (AvgIpc) is 3.72. The molecule has 2 aliphatic carbocycles. The van der Waals surface area contributed by atoms with E-state index in [1.165, 1.54) is 21.9 Å². The van der Waals surface area contributed by atoms with Crippen molar-refractivity contribution in [1.82, 2.24) is 0 Å². The van der Waals surface area contributed by atoms with Crippen molar-refractivity contribution in [2.24, 2.45) is 0 Å². The molecule has 0 spiro atoms. The van der Waals surface area contributed by atoms with E-state index in [2.05, 4.69) is 133 Å². The topological polar surface area (TPSA) is 0 Å². The van der Waals surface area contributed by atoms with Crippen molar-refractivity contribution < 1.29 is 47.7 Å². The number of halogens is 2. The number of benzene rings is 4. The molecule has 0 saturated carbocycles. The van der Waals surface area contributed by atoms with Gasteiger partial charge >= 0.3 is 232 Å². The molecule has 0 N–H and O–H groups in total. The summed E-state index contributed by atoms with van der Waals surface area (Å²) in [4.78, 5) is 0. The van der Waals surface area contributed by atoms with Crippen LogP contribution in [0.25, 0.3) is 43.8 Å². The maximum absolute atomic E-state index is 2.57. The fourth-order valence-electron chi connectivity index (χ4n) is 6.16. The van der Waals surface area contributed by atoms with Gasteiger partial charge in [0.2, 0.25) is 0 Å². The zero-order valence-corrected chi connectivity index (χ0v) is 27.9. The fourth-order valence-corrected chi connectivity index (χ4v) is 21.2. The van der Waals surface area contributed by atoms with Gasteiger partial charge in [-0.2, -0.15) is 0 Å². The monoisotopic (exact) mass is 744 g/mol. The van der Waals surface area contributed by atoms with Crippen molar-refractivity contribution in [3.63, 3.8) is 0 Å². The smallest absolute Gasteiger partial charge is 1.00 e. The average molecular weight is 744 g/mol. The summed E-state index contributed by atoms with van der Waals surface area (Å²) in [6.07, 6.45) is 5.15. The van der Waals surface area contributed by atoms with Crippen molar-refractivity contribution in [3.8, 4) is 0 Å². The van der Waals surface area contributed by atoms with Crippen LogP contribution in [0.3, 0.4) is 0 Å². The van der Waals surface area contributed by atoms with Gasteiger partial charge in [-0.3, -0.25) is 0 Å². The maximum atomic E-state index is 2.57. The summed E-state index contributed by atoms with van der Waals surface area (Å²) in [6, 6.07) is 41.4. The second-order valence-corrected chi connectivity index (χ2v) is 19.3. The van der Waals surface area contributed by atoms with Gasteiger partial charge in [0, 0.05) is 0 Å². The molecule has 0 fully saturated rings. The predicted molar refractivity (Wildman–Crippen MR) is 160 cm³/mol. The first kappa shape index (κ1) is 27.1. The molecule has 0 bridgehead atoms. The van der Waals surface area contributed by atoms with Crippen LogP contribution in [0.2, 0.25) is 0 Å². The third-order valence-electron chi connectivity index (χ3n) is 7.90. The van der Waals surface area contributed by atoms with Crippen LogP contribution in [0.15, 0.2) is 121 Å². The Morgan fingerprint density at radius 3 is 1.36 bits per heavy atom. The molecule has 2 aliphatic rings. The Labute approximate surface area is 255 Å². The minimum atomic E-state index is -1.28. The van der Waals surface area contributed by atoms with E-state index in [0.717, 1.165) is 0 Å². The number of rotatable bonds is 4. The molecule has 4 aromatic carbocycles. The van der Waals surface area contributed by atoms with Crippen molar-refractivity contribution in [2.75, 3.05) is 0 Å². The van der Waals surface area contributed by atoms with E-state index in [9.17, 15) is 0 Å². The Morgan fingerprint density at radius 1 is 0.462 bits per heavy atom. The van der Waals surface area contributed by atoms with Crippen LogP contribution in [0.4, 0.5) is 0 Å². The summed E-state index contributed by atoms with van der Waals surface area (Å²) in [7, 11) is -0.802. The zero-order chi connectivity index (χ0) is 24.3. The van der Waals surface area contributed by atoms with Gasteiger partial charge in [-0.15, -0.1) is 0 Å². The third-order valence-corrected chi connectivity index (χ3v) is 21.1. The molecule has 6 aromatic rings. The first-order valence-corrected chi connectivity index (χ1v) is 19.8. The first-order chi connectivity index (χ1) is 18.3. The van der Waals surface area contributed by atoms with E-state index >= 15 is 0 Å². The molecule has 2 aromatic heterocycles. The minimum Gasteiger partial charge on any atom is -1.00 e. The second-order valence-electron chi connectivity index (χ2n) is 9.92. The predicted octanol–water partition coefficient (Wildman–Crippen LogP) is 4.86. The van der Waals surface area contributed by atoms with Gasteiger partial charge in [0.1, 0.15) is 0 Å². The van der Waals surface area contributed by atoms with Crippen LogP contribution < -0.4 is 24.8 Å². The molecular formula is C34H24Cl2HfP2. The molecule has 0 radical (unpaired) electrons. The van der Waals surface area contributed by atoms with Gasteiger partial charge in [0.25, 0.3) is 0 Å². The summed E-state index contributed by atoms with van der Waals surface area (Å²) in [6.45, 7) is 0. The minimum absolute atomic E-state index is 0. The second kappa shape index (κ2) is 11.0. The van der Waals surface area contributed by atoms with E-state index in [4.69, 9.17) is 0 Å². The van der Waals surface area contributed by atoms with Gasteiger partial charge < -0.3 is 24.8 Å². The normalized spacial score (nSPS) is 17.9. The number of hydrogen-bond acceptors (Lipinski definition) is 0. The Balaban J connectivity index is 0.00000138. The van der Waals surface area contributed by atoms with Gasteiger partial charge in [0.15, 0.2) is 0 Å². The van der Waals surface area contributed by atoms with Crippen LogP contribution >= 0.6 is 15.1 Å². The van der Waals surface area contributed by atoms with E-state index in [1.807, 2.05) is 0 Å². The molecule has 0 nitrogen and oxygen atoms in total. The van der Waals surface area contributed by atoms with Crippen LogP contribution in [0.5, 0.6) is 0 Å². The molecule has 0 saturated heterocycles. The molecule has 2 heterocycles. The van der Waals surface area contributed by atoms with Crippen LogP contribution in [0, 0.1) is 0 Å². The largest absolute Gasteiger partial charge is 1.00 e. The van der Waals surface area contributed by atoms with E-state index < -0.39 is 38.0 Å². The van der Waals surface area contributed by atoms with E-state index in [0.29, 0.717) is 7.35 Å². The Kier molecular flexibility index (Phi) is 7.67.